The lowest BCUT2D eigenvalue weighted by atomic mass is 10.1. The molecule has 5 nitrogen and oxygen atoms in total. The summed E-state index contributed by atoms with van der Waals surface area (Å²) in [6.45, 7) is 10.2. The zero-order valence-corrected chi connectivity index (χ0v) is 13.8. The lowest BCUT2D eigenvalue weighted by molar-refractivity contribution is 0.172. The maximum Gasteiger partial charge on any atom is 0.189 e. The van der Waals surface area contributed by atoms with Crippen LogP contribution in [-0.2, 0) is 11.3 Å². The monoisotopic (exact) mass is 305 g/mol. The molecule has 122 valence electrons. The summed E-state index contributed by atoms with van der Waals surface area (Å²) < 4.78 is 10.9. The molecule has 1 aromatic carbocycles. The van der Waals surface area contributed by atoms with Crippen LogP contribution in [0.15, 0.2) is 35.3 Å². The number of guanidine groups is 1. The van der Waals surface area contributed by atoms with Crippen molar-refractivity contribution in [3.8, 4) is 5.75 Å². The van der Waals surface area contributed by atoms with Crippen LogP contribution in [0.5, 0.6) is 5.75 Å². The number of nitrogens with one attached hydrogen (secondary N) is 1. The van der Waals surface area contributed by atoms with Crippen molar-refractivity contribution in [2.45, 2.75) is 26.8 Å². The first-order valence-corrected chi connectivity index (χ1v) is 7.42. The molecular weight excluding hydrogens is 278 g/mol. The number of hydrogen-bond donors (Lipinski definition) is 2. The molecule has 0 aliphatic carbocycles. The van der Waals surface area contributed by atoms with Gasteiger partial charge in [-0.15, -0.1) is 0 Å². The average Bonchev–Trinajstić information content (AvgIpc) is 2.48. The van der Waals surface area contributed by atoms with Crippen LogP contribution in [0.3, 0.4) is 0 Å². The molecule has 0 spiro atoms. The highest BCUT2D eigenvalue weighted by molar-refractivity contribution is 5.78. The number of hydrogen-bond acceptors (Lipinski definition) is 3. The van der Waals surface area contributed by atoms with Crippen LogP contribution in [0.25, 0.3) is 0 Å². The molecule has 0 saturated carbocycles. The van der Waals surface area contributed by atoms with Crippen LogP contribution in [0.1, 0.15) is 24.5 Å². The zero-order chi connectivity index (χ0) is 16.4. The van der Waals surface area contributed by atoms with Gasteiger partial charge in [0.05, 0.1) is 13.2 Å². The summed E-state index contributed by atoms with van der Waals surface area (Å²) in [6, 6.07) is 6.09. The van der Waals surface area contributed by atoms with E-state index in [9.17, 15) is 0 Å². The summed E-state index contributed by atoms with van der Waals surface area (Å²) >= 11 is 0. The van der Waals surface area contributed by atoms with Crippen molar-refractivity contribution < 1.29 is 9.47 Å². The molecule has 0 unspecified atom stereocenters. The molecule has 0 saturated heterocycles. The topological polar surface area (TPSA) is 68.9 Å². The van der Waals surface area contributed by atoms with E-state index in [0.717, 1.165) is 28.9 Å². The van der Waals surface area contributed by atoms with Crippen molar-refractivity contribution in [2.24, 2.45) is 10.7 Å². The Hall–Kier alpha value is -2.01. The molecule has 0 radical (unpaired) electrons. The molecule has 22 heavy (non-hydrogen) atoms. The fourth-order valence-corrected chi connectivity index (χ4v) is 1.78. The predicted octanol–water partition coefficient (Wildman–Crippen LogP) is 2.39. The first-order valence-electron chi connectivity index (χ1n) is 7.42. The van der Waals surface area contributed by atoms with Gasteiger partial charge in [0.15, 0.2) is 5.96 Å². The third-order valence-electron chi connectivity index (χ3n) is 2.96. The summed E-state index contributed by atoms with van der Waals surface area (Å²) in [7, 11) is 1.69. The number of ether oxygens (including phenoxy) is 2. The highest BCUT2D eigenvalue weighted by Gasteiger charge is 2.04. The summed E-state index contributed by atoms with van der Waals surface area (Å²) in [5.74, 6) is 1.27. The SMILES string of the molecule is C=C(C)CNC(N)=NCc1ccc(C)cc1OCCCOC. The maximum absolute atomic E-state index is 5.83. The minimum Gasteiger partial charge on any atom is -0.493 e. The van der Waals surface area contributed by atoms with Gasteiger partial charge in [0.25, 0.3) is 0 Å². The van der Waals surface area contributed by atoms with Gasteiger partial charge < -0.3 is 20.5 Å². The summed E-state index contributed by atoms with van der Waals surface area (Å²) in [5.41, 5.74) is 9.01. The largest absolute Gasteiger partial charge is 0.493 e. The van der Waals surface area contributed by atoms with Crippen molar-refractivity contribution in [2.75, 3.05) is 26.9 Å². The molecule has 0 aromatic heterocycles. The molecular formula is C17H27N3O2. The Bertz CT molecular complexity index is 513. The van der Waals surface area contributed by atoms with Crippen LogP contribution >= 0.6 is 0 Å². The molecule has 0 amide bonds. The van der Waals surface area contributed by atoms with Crippen LogP contribution in [0, 0.1) is 6.92 Å². The smallest absolute Gasteiger partial charge is 0.189 e. The number of aliphatic imine (C=N–C) groups is 1. The molecule has 0 bridgehead atoms. The molecule has 1 aromatic rings. The first kappa shape index (κ1) is 18.0. The highest BCUT2D eigenvalue weighted by atomic mass is 16.5. The van der Waals surface area contributed by atoms with Crippen molar-refractivity contribution in [1.29, 1.82) is 0 Å². The van der Waals surface area contributed by atoms with E-state index in [1.54, 1.807) is 7.11 Å². The minimum absolute atomic E-state index is 0.411. The van der Waals surface area contributed by atoms with E-state index < -0.39 is 0 Å². The van der Waals surface area contributed by atoms with E-state index in [4.69, 9.17) is 15.2 Å². The fourth-order valence-electron chi connectivity index (χ4n) is 1.78. The Balaban J connectivity index is 2.64. The molecule has 0 aliphatic heterocycles. The standard InChI is InChI=1S/C17H27N3O2/c1-13(2)11-19-17(18)20-12-15-7-6-14(3)10-16(15)22-9-5-8-21-4/h6-7,10H,1,5,8-9,11-12H2,2-4H3,(H3,18,19,20). The third-order valence-corrected chi connectivity index (χ3v) is 2.96. The molecule has 1 rings (SSSR count). The van der Waals surface area contributed by atoms with E-state index >= 15 is 0 Å². The second kappa shape index (κ2) is 9.84. The van der Waals surface area contributed by atoms with Gasteiger partial charge in [0.1, 0.15) is 5.75 Å². The quantitative estimate of drug-likeness (QED) is 0.318. The number of nitrogens with zero attached hydrogens (tertiary/aromatic N) is 1. The second-order valence-corrected chi connectivity index (χ2v) is 5.32. The Morgan fingerprint density at radius 2 is 2.14 bits per heavy atom. The molecule has 3 N–H and O–H groups in total. The number of rotatable bonds is 9. The molecule has 0 heterocycles. The van der Waals surface area contributed by atoms with Crippen molar-refractivity contribution in [3.05, 3.63) is 41.5 Å². The van der Waals surface area contributed by atoms with E-state index in [1.165, 1.54) is 0 Å². The van der Waals surface area contributed by atoms with Gasteiger partial charge in [-0.25, -0.2) is 4.99 Å². The highest BCUT2D eigenvalue weighted by Crippen LogP contribution is 2.21. The minimum atomic E-state index is 0.411. The van der Waals surface area contributed by atoms with E-state index in [-0.39, 0.29) is 0 Å². The van der Waals surface area contributed by atoms with E-state index in [0.29, 0.717) is 32.3 Å². The van der Waals surface area contributed by atoms with Crippen molar-refractivity contribution in [1.82, 2.24) is 5.32 Å². The van der Waals surface area contributed by atoms with Gasteiger partial charge in [-0.3, -0.25) is 0 Å². The Labute approximate surface area is 133 Å². The first-order chi connectivity index (χ1) is 10.5. The molecule has 0 atom stereocenters. The number of nitrogens with two attached hydrogens (primary N) is 1. The Kier molecular flexibility index (Phi) is 8.07. The number of aryl methyl sites for hydroxylation is 1. The van der Waals surface area contributed by atoms with Crippen LogP contribution in [0.2, 0.25) is 0 Å². The van der Waals surface area contributed by atoms with Crippen LogP contribution in [-0.4, -0.2) is 32.8 Å². The van der Waals surface area contributed by atoms with Gasteiger partial charge in [-0.05, 0) is 25.5 Å². The lowest BCUT2D eigenvalue weighted by Gasteiger charge is -2.12. The summed E-state index contributed by atoms with van der Waals surface area (Å²) in [6.07, 6.45) is 0.857. The van der Waals surface area contributed by atoms with Crippen molar-refractivity contribution >= 4 is 5.96 Å². The van der Waals surface area contributed by atoms with Crippen LogP contribution < -0.4 is 15.8 Å². The average molecular weight is 305 g/mol. The van der Waals surface area contributed by atoms with Gasteiger partial charge >= 0.3 is 0 Å². The van der Waals surface area contributed by atoms with Gasteiger partial charge in [-0.2, -0.15) is 0 Å². The maximum atomic E-state index is 5.83. The molecule has 0 aliphatic rings. The van der Waals surface area contributed by atoms with E-state index in [2.05, 4.69) is 16.9 Å². The molecule has 5 heteroatoms. The molecule has 0 fully saturated rings. The number of benzene rings is 1. The van der Waals surface area contributed by atoms with Crippen LogP contribution in [0.4, 0.5) is 0 Å². The Morgan fingerprint density at radius 3 is 2.82 bits per heavy atom. The van der Waals surface area contributed by atoms with Crippen molar-refractivity contribution in [3.63, 3.8) is 0 Å². The normalized spacial score (nSPS) is 11.3. The Morgan fingerprint density at radius 1 is 1.36 bits per heavy atom. The lowest BCUT2D eigenvalue weighted by Crippen LogP contribution is -2.32. The predicted molar refractivity (Wildman–Crippen MR) is 91.3 cm³/mol. The van der Waals surface area contributed by atoms with Gasteiger partial charge in [0, 0.05) is 32.2 Å². The van der Waals surface area contributed by atoms with Gasteiger partial charge in [0.2, 0.25) is 0 Å². The second-order valence-electron chi connectivity index (χ2n) is 5.32. The number of methoxy groups -OCH3 is 1. The third kappa shape index (κ3) is 7.13. The van der Waals surface area contributed by atoms with Gasteiger partial charge in [-0.1, -0.05) is 24.3 Å². The summed E-state index contributed by atoms with van der Waals surface area (Å²) in [4.78, 5) is 4.34. The summed E-state index contributed by atoms with van der Waals surface area (Å²) in [5, 5.41) is 3.01. The zero-order valence-electron chi connectivity index (χ0n) is 13.8. The van der Waals surface area contributed by atoms with E-state index in [1.807, 2.05) is 32.0 Å². The fraction of sp³-hybridized carbons (Fsp3) is 0.471.